The first-order valence-electron chi connectivity index (χ1n) is 6.23. The summed E-state index contributed by atoms with van der Waals surface area (Å²) in [5.41, 5.74) is -0.180. The van der Waals surface area contributed by atoms with Crippen molar-refractivity contribution in [2.45, 2.75) is 0 Å². The smallest absolute Gasteiger partial charge is 0.323 e. The number of carboxylic acids is 1. The van der Waals surface area contributed by atoms with E-state index >= 15 is 0 Å². The molecule has 0 aliphatic heterocycles. The first kappa shape index (κ1) is 17.4. The number of methoxy groups -OCH3 is 2. The van der Waals surface area contributed by atoms with E-state index in [1.165, 1.54) is 26.4 Å². The van der Waals surface area contributed by atoms with E-state index in [0.717, 1.165) is 11.0 Å². The van der Waals surface area contributed by atoms with E-state index in [-0.39, 0.29) is 30.2 Å². The number of carbonyl (C=O) groups is 2. The first-order chi connectivity index (χ1) is 10.4. The van der Waals surface area contributed by atoms with E-state index in [9.17, 15) is 19.7 Å². The number of nitro groups is 1. The van der Waals surface area contributed by atoms with Crippen LogP contribution in [0, 0.1) is 10.1 Å². The highest BCUT2D eigenvalue weighted by molar-refractivity contribution is 5.96. The first-order valence-corrected chi connectivity index (χ1v) is 6.23. The van der Waals surface area contributed by atoms with Gasteiger partial charge in [-0.1, -0.05) is 0 Å². The van der Waals surface area contributed by atoms with Gasteiger partial charge < -0.3 is 19.5 Å². The van der Waals surface area contributed by atoms with E-state index in [4.69, 9.17) is 14.6 Å². The molecule has 22 heavy (non-hydrogen) atoms. The molecule has 1 aromatic carbocycles. The summed E-state index contributed by atoms with van der Waals surface area (Å²) in [5.74, 6) is -1.82. The molecule has 1 aromatic rings. The van der Waals surface area contributed by atoms with Gasteiger partial charge in [-0.15, -0.1) is 0 Å². The predicted molar refractivity (Wildman–Crippen MR) is 75.1 cm³/mol. The Morgan fingerprint density at radius 1 is 1.36 bits per heavy atom. The number of nitro benzene ring substituents is 1. The van der Waals surface area contributed by atoms with Gasteiger partial charge in [0.05, 0.1) is 18.6 Å². The van der Waals surface area contributed by atoms with Gasteiger partial charge in [0, 0.05) is 31.4 Å². The van der Waals surface area contributed by atoms with Crippen LogP contribution in [0.3, 0.4) is 0 Å². The van der Waals surface area contributed by atoms with Crippen LogP contribution in [-0.2, 0) is 9.53 Å². The van der Waals surface area contributed by atoms with E-state index in [1.54, 1.807) is 0 Å². The van der Waals surface area contributed by atoms with E-state index in [0.29, 0.717) is 0 Å². The summed E-state index contributed by atoms with van der Waals surface area (Å²) in [7, 11) is 2.68. The number of carboxylic acid groups (broad SMARTS) is 1. The highest BCUT2D eigenvalue weighted by atomic mass is 16.6. The molecule has 9 heteroatoms. The lowest BCUT2D eigenvalue weighted by atomic mass is 10.1. The molecule has 0 spiro atoms. The fourth-order valence-corrected chi connectivity index (χ4v) is 1.76. The summed E-state index contributed by atoms with van der Waals surface area (Å²) >= 11 is 0. The molecule has 0 unspecified atom stereocenters. The molecule has 1 rings (SSSR count). The van der Waals surface area contributed by atoms with Crippen LogP contribution in [-0.4, -0.2) is 60.7 Å². The van der Waals surface area contributed by atoms with Gasteiger partial charge in [-0.25, -0.2) is 0 Å². The number of rotatable bonds is 8. The standard InChI is InChI=1S/C13H16N2O7/c1-21-6-5-14(8-12(16)17)13(18)9-3-4-10(15(19)20)11(7-9)22-2/h3-4,7H,5-6,8H2,1-2H3,(H,16,17). The van der Waals surface area contributed by atoms with Crippen LogP contribution in [0.5, 0.6) is 5.75 Å². The molecule has 0 atom stereocenters. The zero-order valence-corrected chi connectivity index (χ0v) is 12.1. The number of ether oxygens (including phenoxy) is 2. The molecule has 120 valence electrons. The third kappa shape index (κ3) is 4.42. The normalized spacial score (nSPS) is 10.1. The number of hydrogen-bond acceptors (Lipinski definition) is 6. The second-order valence-corrected chi connectivity index (χ2v) is 4.26. The quantitative estimate of drug-likeness (QED) is 0.556. The van der Waals surface area contributed by atoms with Gasteiger partial charge in [-0.3, -0.25) is 19.7 Å². The summed E-state index contributed by atoms with van der Waals surface area (Å²) in [4.78, 5) is 34.4. The Kier molecular flexibility index (Phi) is 6.26. The van der Waals surface area contributed by atoms with Crippen molar-refractivity contribution in [2.75, 3.05) is 33.9 Å². The summed E-state index contributed by atoms with van der Waals surface area (Å²) in [6.07, 6.45) is 0. The highest BCUT2D eigenvalue weighted by Crippen LogP contribution is 2.27. The van der Waals surface area contributed by atoms with Crippen molar-refractivity contribution in [1.29, 1.82) is 0 Å². The average molecular weight is 312 g/mol. The fourth-order valence-electron chi connectivity index (χ4n) is 1.76. The van der Waals surface area contributed by atoms with Crippen LogP contribution in [0.15, 0.2) is 18.2 Å². The molecule has 0 saturated heterocycles. The topological polar surface area (TPSA) is 119 Å². The lowest BCUT2D eigenvalue weighted by Crippen LogP contribution is -2.38. The fraction of sp³-hybridized carbons (Fsp3) is 0.385. The Morgan fingerprint density at radius 3 is 2.55 bits per heavy atom. The number of amides is 1. The number of nitrogens with zero attached hydrogens (tertiary/aromatic N) is 2. The van der Waals surface area contributed by atoms with Gasteiger partial charge in [-0.2, -0.15) is 0 Å². The van der Waals surface area contributed by atoms with Crippen LogP contribution in [0.1, 0.15) is 10.4 Å². The lowest BCUT2D eigenvalue weighted by molar-refractivity contribution is -0.385. The molecule has 0 aromatic heterocycles. The molecule has 0 bridgehead atoms. The maximum atomic E-state index is 12.3. The molecule has 1 N–H and O–H groups in total. The van der Waals surface area contributed by atoms with Gasteiger partial charge in [0.25, 0.3) is 5.91 Å². The largest absolute Gasteiger partial charge is 0.490 e. The van der Waals surface area contributed by atoms with Gasteiger partial charge in [0.2, 0.25) is 0 Å². The van der Waals surface area contributed by atoms with E-state index < -0.39 is 23.3 Å². The number of carbonyl (C=O) groups excluding carboxylic acids is 1. The maximum Gasteiger partial charge on any atom is 0.323 e. The van der Waals surface area contributed by atoms with Crippen LogP contribution in [0.25, 0.3) is 0 Å². The minimum atomic E-state index is -1.17. The van der Waals surface area contributed by atoms with E-state index in [2.05, 4.69) is 0 Å². The Labute approximate surface area is 126 Å². The van der Waals surface area contributed by atoms with Crippen LogP contribution < -0.4 is 4.74 Å². The summed E-state index contributed by atoms with van der Waals surface area (Å²) in [6, 6.07) is 3.61. The van der Waals surface area contributed by atoms with Crippen molar-refractivity contribution < 1.29 is 29.1 Å². The lowest BCUT2D eigenvalue weighted by Gasteiger charge is -2.20. The number of benzene rings is 1. The van der Waals surface area contributed by atoms with Crippen molar-refractivity contribution in [1.82, 2.24) is 4.90 Å². The zero-order chi connectivity index (χ0) is 16.7. The van der Waals surface area contributed by atoms with Gasteiger partial charge in [0.1, 0.15) is 6.54 Å². The highest BCUT2D eigenvalue weighted by Gasteiger charge is 2.22. The van der Waals surface area contributed by atoms with E-state index in [1.807, 2.05) is 0 Å². The van der Waals surface area contributed by atoms with Crippen molar-refractivity contribution in [3.8, 4) is 5.75 Å². The third-order valence-electron chi connectivity index (χ3n) is 2.80. The predicted octanol–water partition coefficient (Wildman–Crippen LogP) is 0.777. The molecule has 0 radical (unpaired) electrons. The monoisotopic (exact) mass is 312 g/mol. The molecular weight excluding hydrogens is 296 g/mol. The van der Waals surface area contributed by atoms with Gasteiger partial charge >= 0.3 is 11.7 Å². The molecule has 0 aliphatic rings. The SMILES string of the molecule is COCCN(CC(=O)O)C(=O)c1ccc([N+](=O)[O-])c(OC)c1. The van der Waals surface area contributed by atoms with Crippen LogP contribution >= 0.6 is 0 Å². The molecule has 0 aliphatic carbocycles. The molecule has 0 saturated carbocycles. The number of hydrogen-bond donors (Lipinski definition) is 1. The summed E-state index contributed by atoms with van der Waals surface area (Å²) < 4.78 is 9.72. The molecule has 0 fully saturated rings. The van der Waals surface area contributed by atoms with Gasteiger partial charge in [0.15, 0.2) is 5.75 Å². The summed E-state index contributed by atoms with van der Waals surface area (Å²) in [6.45, 7) is -0.244. The summed E-state index contributed by atoms with van der Waals surface area (Å²) in [5, 5.41) is 19.7. The Hall–Kier alpha value is -2.68. The second kappa shape index (κ2) is 7.93. The van der Waals surface area contributed by atoms with Gasteiger partial charge in [-0.05, 0) is 6.07 Å². The number of aliphatic carboxylic acids is 1. The maximum absolute atomic E-state index is 12.3. The third-order valence-corrected chi connectivity index (χ3v) is 2.80. The van der Waals surface area contributed by atoms with Crippen molar-refractivity contribution in [3.63, 3.8) is 0 Å². The minimum absolute atomic E-state index is 0.0714. The second-order valence-electron chi connectivity index (χ2n) is 4.26. The zero-order valence-electron chi connectivity index (χ0n) is 12.1. The van der Waals surface area contributed by atoms with Crippen molar-refractivity contribution in [2.24, 2.45) is 0 Å². The Balaban J connectivity index is 3.07. The minimum Gasteiger partial charge on any atom is -0.490 e. The Morgan fingerprint density at radius 2 is 2.05 bits per heavy atom. The molecule has 9 nitrogen and oxygen atoms in total. The van der Waals surface area contributed by atoms with Crippen molar-refractivity contribution >= 4 is 17.6 Å². The molecular formula is C13H16N2O7. The molecule has 1 amide bonds. The average Bonchev–Trinajstić information content (AvgIpc) is 2.49. The Bertz CT molecular complexity index is 574. The van der Waals surface area contributed by atoms with Crippen LogP contribution in [0.2, 0.25) is 0 Å². The van der Waals surface area contributed by atoms with Crippen molar-refractivity contribution in [3.05, 3.63) is 33.9 Å². The molecule has 0 heterocycles. The van der Waals surface area contributed by atoms with Crippen LogP contribution in [0.4, 0.5) is 5.69 Å².